The van der Waals surface area contributed by atoms with Gasteiger partial charge in [-0.05, 0) is 48.7 Å². The molecular weight excluding hydrogens is 502 g/mol. The zero-order valence-electron chi connectivity index (χ0n) is 22.5. The maximum absolute atomic E-state index is 14.9. The van der Waals surface area contributed by atoms with Gasteiger partial charge >= 0.3 is 0 Å². The number of nitrogens with one attached hydrogen (secondary N) is 1. The predicted octanol–water partition coefficient (Wildman–Crippen LogP) is 4.56. The third-order valence-corrected chi connectivity index (χ3v) is 7.84. The summed E-state index contributed by atoms with van der Waals surface area (Å²) in [5, 5.41) is 0. The van der Waals surface area contributed by atoms with Crippen LogP contribution < -0.4 is 10.5 Å². The van der Waals surface area contributed by atoms with Crippen molar-refractivity contribution in [1.29, 1.82) is 0 Å². The molecule has 2 heterocycles. The van der Waals surface area contributed by atoms with Crippen LogP contribution in [-0.4, -0.2) is 46.9 Å². The van der Waals surface area contributed by atoms with Crippen molar-refractivity contribution in [2.75, 3.05) is 20.2 Å². The molecule has 1 fully saturated rings. The van der Waals surface area contributed by atoms with E-state index in [4.69, 9.17) is 10.5 Å². The SMILES string of the molecule is CCCCCC1(c2cc(F)ccc2F)CN(C(=O)[C@H](Cc2ccc(OC)cc2)C(Cc2cnc[nH]2)C(N)=O)C1. The van der Waals surface area contributed by atoms with Crippen LogP contribution in [-0.2, 0) is 27.8 Å². The van der Waals surface area contributed by atoms with Crippen LogP contribution in [0.15, 0.2) is 55.0 Å². The van der Waals surface area contributed by atoms with Crippen LogP contribution in [0.5, 0.6) is 5.75 Å². The van der Waals surface area contributed by atoms with Gasteiger partial charge in [0.2, 0.25) is 11.8 Å². The summed E-state index contributed by atoms with van der Waals surface area (Å²) in [7, 11) is 1.58. The predicted molar refractivity (Wildman–Crippen MR) is 144 cm³/mol. The number of unbranched alkanes of at least 4 members (excludes halogenated alkanes) is 2. The minimum atomic E-state index is -0.791. The molecule has 2 amide bonds. The van der Waals surface area contributed by atoms with Crippen molar-refractivity contribution < 1.29 is 23.1 Å². The summed E-state index contributed by atoms with van der Waals surface area (Å²) in [4.78, 5) is 35.4. The fraction of sp³-hybridized carbons (Fsp3) is 0.433. The summed E-state index contributed by atoms with van der Waals surface area (Å²) in [6.07, 6.45) is 7.08. The Kier molecular flexibility index (Phi) is 8.99. The lowest BCUT2D eigenvalue weighted by Gasteiger charge is -2.52. The Labute approximate surface area is 227 Å². The maximum atomic E-state index is 14.9. The molecule has 1 aromatic heterocycles. The number of methoxy groups -OCH3 is 1. The van der Waals surface area contributed by atoms with Gasteiger partial charge in [0.1, 0.15) is 17.4 Å². The Morgan fingerprint density at radius 1 is 1.10 bits per heavy atom. The van der Waals surface area contributed by atoms with Crippen molar-refractivity contribution in [2.24, 2.45) is 17.6 Å². The summed E-state index contributed by atoms with van der Waals surface area (Å²) in [5.41, 5.74) is 7.05. The first kappa shape index (κ1) is 28.3. The molecule has 208 valence electrons. The van der Waals surface area contributed by atoms with Crippen molar-refractivity contribution in [2.45, 2.75) is 50.9 Å². The highest BCUT2D eigenvalue weighted by molar-refractivity contribution is 5.88. The summed E-state index contributed by atoms with van der Waals surface area (Å²) < 4.78 is 34.3. The van der Waals surface area contributed by atoms with E-state index in [0.29, 0.717) is 23.4 Å². The van der Waals surface area contributed by atoms with E-state index in [0.717, 1.165) is 37.0 Å². The maximum Gasteiger partial charge on any atom is 0.226 e. The normalized spacial score (nSPS) is 15.8. The van der Waals surface area contributed by atoms with E-state index in [-0.39, 0.29) is 31.8 Å². The lowest BCUT2D eigenvalue weighted by Crippen LogP contribution is -2.63. The van der Waals surface area contributed by atoms with Crippen molar-refractivity contribution in [3.8, 4) is 5.75 Å². The van der Waals surface area contributed by atoms with Gasteiger partial charge in [-0.3, -0.25) is 9.59 Å². The number of carbonyl (C=O) groups is 2. The molecule has 3 N–H and O–H groups in total. The lowest BCUT2D eigenvalue weighted by atomic mass is 9.69. The van der Waals surface area contributed by atoms with Crippen LogP contribution in [0.3, 0.4) is 0 Å². The molecule has 0 saturated carbocycles. The number of rotatable bonds is 13. The molecule has 39 heavy (non-hydrogen) atoms. The second-order valence-electron chi connectivity index (χ2n) is 10.5. The number of carbonyl (C=O) groups excluding carboxylic acids is 2. The van der Waals surface area contributed by atoms with Gasteiger partial charge < -0.3 is 20.4 Å². The molecule has 1 aliphatic rings. The highest BCUT2D eigenvalue weighted by Crippen LogP contribution is 2.42. The van der Waals surface area contributed by atoms with Gasteiger partial charge in [0.25, 0.3) is 0 Å². The number of aromatic nitrogens is 2. The van der Waals surface area contributed by atoms with Crippen LogP contribution in [0, 0.1) is 23.5 Å². The third-order valence-electron chi connectivity index (χ3n) is 7.84. The summed E-state index contributed by atoms with van der Waals surface area (Å²) >= 11 is 0. The molecule has 9 heteroatoms. The number of nitrogens with zero attached hydrogens (tertiary/aromatic N) is 2. The van der Waals surface area contributed by atoms with Crippen LogP contribution >= 0.6 is 0 Å². The average molecular weight is 539 g/mol. The van der Waals surface area contributed by atoms with E-state index in [1.807, 2.05) is 12.1 Å². The third kappa shape index (κ3) is 6.46. The molecule has 3 aromatic rings. The van der Waals surface area contributed by atoms with Crippen LogP contribution in [0.1, 0.15) is 49.4 Å². The molecule has 0 spiro atoms. The van der Waals surface area contributed by atoms with Gasteiger partial charge in [0, 0.05) is 42.4 Å². The standard InChI is InChI=1S/C30H36F2N4O3/c1-3-4-5-12-30(26-14-21(31)8-11-27(26)32)17-36(18-30)29(38)25(13-20-6-9-23(39-2)10-7-20)24(28(33)37)15-22-16-34-19-35-22/h6-11,14,16,19,24-25H,3-5,12-13,15,17-18H2,1-2H3,(H2,33,37)(H,34,35)/t24?,25-/m1/s1. The van der Waals surface area contributed by atoms with Crippen molar-refractivity contribution in [3.63, 3.8) is 0 Å². The Bertz CT molecular complexity index is 1260. The van der Waals surface area contributed by atoms with Crippen molar-refractivity contribution >= 4 is 11.8 Å². The zero-order chi connectivity index (χ0) is 28.0. The van der Waals surface area contributed by atoms with E-state index in [1.54, 1.807) is 30.3 Å². The van der Waals surface area contributed by atoms with E-state index in [1.165, 1.54) is 12.4 Å². The quantitative estimate of drug-likeness (QED) is 0.312. The molecule has 1 aliphatic heterocycles. The Balaban J connectivity index is 1.62. The summed E-state index contributed by atoms with van der Waals surface area (Å²) in [5.74, 6) is -2.63. The van der Waals surface area contributed by atoms with Crippen molar-refractivity contribution in [1.82, 2.24) is 14.9 Å². The van der Waals surface area contributed by atoms with Crippen LogP contribution in [0.25, 0.3) is 0 Å². The summed E-state index contributed by atoms with van der Waals surface area (Å²) in [6.45, 7) is 2.59. The second-order valence-corrected chi connectivity index (χ2v) is 10.5. The Morgan fingerprint density at radius 3 is 2.46 bits per heavy atom. The molecule has 7 nitrogen and oxygen atoms in total. The number of benzene rings is 2. The molecule has 2 atom stereocenters. The van der Waals surface area contributed by atoms with Gasteiger partial charge in [0.05, 0.1) is 25.3 Å². The number of amides is 2. The van der Waals surface area contributed by atoms with E-state index >= 15 is 0 Å². The van der Waals surface area contributed by atoms with Gasteiger partial charge in [0.15, 0.2) is 0 Å². The molecule has 1 saturated heterocycles. The topological polar surface area (TPSA) is 101 Å². The number of halogens is 2. The van der Waals surface area contributed by atoms with Gasteiger partial charge in [-0.15, -0.1) is 0 Å². The van der Waals surface area contributed by atoms with Gasteiger partial charge in [-0.25, -0.2) is 13.8 Å². The van der Waals surface area contributed by atoms with Gasteiger partial charge in [-0.2, -0.15) is 0 Å². The first-order chi connectivity index (χ1) is 18.8. The number of hydrogen-bond acceptors (Lipinski definition) is 4. The molecule has 0 aliphatic carbocycles. The van der Waals surface area contributed by atoms with Crippen LogP contribution in [0.4, 0.5) is 8.78 Å². The fourth-order valence-electron chi connectivity index (χ4n) is 5.65. The molecule has 4 rings (SSSR count). The Morgan fingerprint density at radius 2 is 1.85 bits per heavy atom. The van der Waals surface area contributed by atoms with Crippen molar-refractivity contribution in [3.05, 3.63) is 83.4 Å². The van der Waals surface area contributed by atoms with E-state index in [9.17, 15) is 18.4 Å². The minimum absolute atomic E-state index is 0.225. The number of likely N-dealkylation sites (tertiary alicyclic amines) is 1. The minimum Gasteiger partial charge on any atom is -0.497 e. The largest absolute Gasteiger partial charge is 0.497 e. The number of H-pyrrole nitrogens is 1. The molecule has 2 aromatic carbocycles. The van der Waals surface area contributed by atoms with Crippen LogP contribution in [0.2, 0.25) is 0 Å². The second kappa shape index (κ2) is 12.4. The van der Waals surface area contributed by atoms with Gasteiger partial charge in [-0.1, -0.05) is 38.3 Å². The molecule has 1 unspecified atom stereocenters. The zero-order valence-corrected chi connectivity index (χ0v) is 22.5. The summed E-state index contributed by atoms with van der Waals surface area (Å²) in [6, 6.07) is 10.8. The smallest absolute Gasteiger partial charge is 0.226 e. The lowest BCUT2D eigenvalue weighted by molar-refractivity contribution is -0.148. The molecule has 0 bridgehead atoms. The van der Waals surface area contributed by atoms with E-state index in [2.05, 4.69) is 16.9 Å². The first-order valence-electron chi connectivity index (χ1n) is 13.4. The number of hydrogen-bond donors (Lipinski definition) is 2. The Hall–Kier alpha value is -3.75. The average Bonchev–Trinajstić information content (AvgIpc) is 3.42. The number of aromatic amines is 1. The number of imidazole rings is 1. The highest BCUT2D eigenvalue weighted by atomic mass is 19.1. The number of ether oxygens (including phenoxy) is 1. The first-order valence-corrected chi connectivity index (χ1v) is 13.4. The number of primary amides is 1. The van der Waals surface area contributed by atoms with E-state index < -0.39 is 34.8 Å². The molecule has 0 radical (unpaired) electrons. The fourth-order valence-corrected chi connectivity index (χ4v) is 5.65. The monoisotopic (exact) mass is 538 g/mol. The molecular formula is C30H36F2N4O3. The highest BCUT2D eigenvalue weighted by Gasteiger charge is 2.49. The number of nitrogens with two attached hydrogens (primary N) is 1.